The first kappa shape index (κ1) is 17.2. The third-order valence-corrected chi connectivity index (χ3v) is 3.39. The van der Waals surface area contributed by atoms with E-state index in [1.165, 1.54) is 38.5 Å². The molecule has 0 amide bonds. The summed E-state index contributed by atoms with van der Waals surface area (Å²) in [7, 11) is 0. The average Bonchev–Trinajstić information content (AvgIpc) is 2.97. The highest BCUT2D eigenvalue weighted by Crippen LogP contribution is 2.04. The van der Waals surface area contributed by atoms with Crippen LogP contribution < -0.4 is 5.32 Å². The van der Waals surface area contributed by atoms with Gasteiger partial charge in [0.25, 0.3) is 0 Å². The van der Waals surface area contributed by atoms with E-state index in [1.54, 1.807) is 6.20 Å². The summed E-state index contributed by atoms with van der Waals surface area (Å²) in [4.78, 5) is 7.32. The van der Waals surface area contributed by atoms with Gasteiger partial charge in [-0.25, -0.2) is 4.98 Å². The number of aryl methyl sites for hydroxylation is 1. The molecule has 0 bridgehead atoms. The number of nitrogens with one attached hydrogen (secondary N) is 2. The summed E-state index contributed by atoms with van der Waals surface area (Å²) in [6.45, 7) is 5.98. The van der Waals surface area contributed by atoms with E-state index < -0.39 is 0 Å². The zero-order valence-corrected chi connectivity index (χ0v) is 13.0. The molecule has 0 aliphatic carbocycles. The summed E-state index contributed by atoms with van der Waals surface area (Å²) in [5.74, 6) is 1.08. The Kier molecular flexibility index (Phi) is 11.3. The number of hydrogen-bond acceptors (Lipinski definition) is 3. The maximum atomic E-state index is 5.61. The van der Waals surface area contributed by atoms with Crippen LogP contribution in [0.2, 0.25) is 0 Å². The molecule has 1 aromatic rings. The molecular weight excluding hydrogens is 250 g/mol. The highest BCUT2D eigenvalue weighted by Gasteiger charge is 1.95. The molecule has 0 radical (unpaired) electrons. The van der Waals surface area contributed by atoms with E-state index in [9.17, 15) is 0 Å². The SMILES string of the molecule is CCCCCCCCOCCNCCCc1ncc[nH]1. The number of rotatable bonds is 14. The average molecular weight is 281 g/mol. The van der Waals surface area contributed by atoms with Gasteiger partial charge in [-0.05, 0) is 19.4 Å². The minimum absolute atomic E-state index is 0.829. The Bertz CT molecular complexity index is 288. The van der Waals surface area contributed by atoms with Gasteiger partial charge in [-0.2, -0.15) is 0 Å². The monoisotopic (exact) mass is 281 g/mol. The molecule has 0 aliphatic rings. The van der Waals surface area contributed by atoms with E-state index >= 15 is 0 Å². The van der Waals surface area contributed by atoms with Crippen LogP contribution in [0.15, 0.2) is 12.4 Å². The Balaban J connectivity index is 1.70. The predicted octanol–water partition coefficient (Wildman–Crippen LogP) is 3.31. The molecule has 0 fully saturated rings. The highest BCUT2D eigenvalue weighted by molar-refractivity contribution is 4.86. The Morgan fingerprint density at radius 2 is 1.90 bits per heavy atom. The summed E-state index contributed by atoms with van der Waals surface area (Å²) < 4.78 is 5.61. The van der Waals surface area contributed by atoms with Gasteiger partial charge in [0.1, 0.15) is 5.82 Å². The molecule has 116 valence electrons. The molecule has 0 aromatic carbocycles. The van der Waals surface area contributed by atoms with Crippen LogP contribution in [-0.2, 0) is 11.2 Å². The van der Waals surface area contributed by atoms with Gasteiger partial charge in [-0.3, -0.25) is 0 Å². The number of aromatic amines is 1. The van der Waals surface area contributed by atoms with E-state index in [4.69, 9.17) is 4.74 Å². The lowest BCUT2D eigenvalue weighted by atomic mass is 10.1. The van der Waals surface area contributed by atoms with Crippen molar-refractivity contribution in [1.82, 2.24) is 15.3 Å². The molecule has 20 heavy (non-hydrogen) atoms. The molecule has 0 saturated carbocycles. The lowest BCUT2D eigenvalue weighted by molar-refractivity contribution is 0.131. The maximum Gasteiger partial charge on any atom is 0.106 e. The van der Waals surface area contributed by atoms with Crippen LogP contribution in [0, 0.1) is 0 Å². The molecule has 4 nitrogen and oxygen atoms in total. The fourth-order valence-electron chi connectivity index (χ4n) is 2.17. The van der Waals surface area contributed by atoms with Gasteiger partial charge in [-0.1, -0.05) is 39.0 Å². The van der Waals surface area contributed by atoms with Crippen LogP contribution in [0.25, 0.3) is 0 Å². The second kappa shape index (κ2) is 13.1. The third kappa shape index (κ3) is 9.98. The minimum Gasteiger partial charge on any atom is -0.380 e. The summed E-state index contributed by atoms with van der Waals surface area (Å²) in [5.41, 5.74) is 0. The third-order valence-electron chi connectivity index (χ3n) is 3.39. The fourth-order valence-corrected chi connectivity index (χ4v) is 2.17. The van der Waals surface area contributed by atoms with Crippen molar-refractivity contribution in [3.8, 4) is 0 Å². The molecule has 2 N–H and O–H groups in total. The molecule has 0 aliphatic heterocycles. The summed E-state index contributed by atoms with van der Waals surface area (Å²) in [6, 6.07) is 0. The highest BCUT2D eigenvalue weighted by atomic mass is 16.5. The van der Waals surface area contributed by atoms with E-state index in [0.29, 0.717) is 0 Å². The van der Waals surface area contributed by atoms with Gasteiger partial charge < -0.3 is 15.0 Å². The summed E-state index contributed by atoms with van der Waals surface area (Å²) >= 11 is 0. The second-order valence-corrected chi connectivity index (χ2v) is 5.27. The van der Waals surface area contributed by atoms with Crippen LogP contribution in [0.3, 0.4) is 0 Å². The first-order valence-electron chi connectivity index (χ1n) is 8.20. The fraction of sp³-hybridized carbons (Fsp3) is 0.812. The van der Waals surface area contributed by atoms with Gasteiger partial charge in [0.15, 0.2) is 0 Å². The Morgan fingerprint density at radius 3 is 2.70 bits per heavy atom. The number of nitrogens with zero attached hydrogens (tertiary/aromatic N) is 1. The molecule has 0 saturated heterocycles. The van der Waals surface area contributed by atoms with Crippen molar-refractivity contribution in [1.29, 1.82) is 0 Å². The van der Waals surface area contributed by atoms with Crippen LogP contribution in [0.5, 0.6) is 0 Å². The van der Waals surface area contributed by atoms with Crippen LogP contribution in [-0.4, -0.2) is 36.3 Å². The van der Waals surface area contributed by atoms with Crippen molar-refractivity contribution in [3.63, 3.8) is 0 Å². The Labute approximate surface area is 123 Å². The molecular formula is C16H31N3O. The standard InChI is InChI=1S/C16H31N3O/c1-2-3-4-5-6-7-14-20-15-13-17-10-8-9-16-18-11-12-19-16/h11-12,17H,2-10,13-15H2,1H3,(H,18,19). The topological polar surface area (TPSA) is 49.9 Å². The smallest absolute Gasteiger partial charge is 0.106 e. The predicted molar refractivity (Wildman–Crippen MR) is 84.0 cm³/mol. The van der Waals surface area contributed by atoms with Crippen molar-refractivity contribution >= 4 is 0 Å². The molecule has 1 aromatic heterocycles. The molecule has 0 spiro atoms. The first-order chi connectivity index (χ1) is 9.93. The number of H-pyrrole nitrogens is 1. The van der Waals surface area contributed by atoms with Crippen LogP contribution in [0.1, 0.15) is 57.7 Å². The Morgan fingerprint density at radius 1 is 1.05 bits per heavy atom. The molecule has 0 atom stereocenters. The number of unbranched alkanes of at least 4 members (excludes halogenated alkanes) is 5. The van der Waals surface area contributed by atoms with Crippen LogP contribution >= 0.6 is 0 Å². The van der Waals surface area contributed by atoms with Gasteiger partial charge in [0.2, 0.25) is 0 Å². The largest absolute Gasteiger partial charge is 0.380 e. The van der Waals surface area contributed by atoms with Crippen molar-refractivity contribution in [2.45, 2.75) is 58.3 Å². The van der Waals surface area contributed by atoms with Crippen molar-refractivity contribution in [3.05, 3.63) is 18.2 Å². The van der Waals surface area contributed by atoms with Crippen molar-refractivity contribution < 1.29 is 4.74 Å². The van der Waals surface area contributed by atoms with Gasteiger partial charge in [0.05, 0.1) is 6.61 Å². The van der Waals surface area contributed by atoms with E-state index in [2.05, 4.69) is 22.2 Å². The van der Waals surface area contributed by atoms with Gasteiger partial charge in [0, 0.05) is 32.0 Å². The van der Waals surface area contributed by atoms with Crippen molar-refractivity contribution in [2.75, 3.05) is 26.3 Å². The number of aromatic nitrogens is 2. The van der Waals surface area contributed by atoms with Gasteiger partial charge >= 0.3 is 0 Å². The minimum atomic E-state index is 0.829. The van der Waals surface area contributed by atoms with E-state index in [0.717, 1.165) is 45.0 Å². The molecule has 1 heterocycles. The zero-order chi connectivity index (χ0) is 14.3. The van der Waals surface area contributed by atoms with Crippen molar-refractivity contribution in [2.24, 2.45) is 0 Å². The lowest BCUT2D eigenvalue weighted by Gasteiger charge is -2.06. The van der Waals surface area contributed by atoms with E-state index in [1.807, 2.05) is 6.20 Å². The quantitative estimate of drug-likeness (QED) is 0.514. The molecule has 1 rings (SSSR count). The number of imidazole rings is 1. The lowest BCUT2D eigenvalue weighted by Crippen LogP contribution is -2.21. The van der Waals surface area contributed by atoms with Gasteiger partial charge in [-0.15, -0.1) is 0 Å². The second-order valence-electron chi connectivity index (χ2n) is 5.27. The molecule has 0 unspecified atom stereocenters. The Hall–Kier alpha value is -0.870. The number of hydrogen-bond donors (Lipinski definition) is 2. The normalized spacial score (nSPS) is 11.1. The van der Waals surface area contributed by atoms with E-state index in [-0.39, 0.29) is 0 Å². The maximum absolute atomic E-state index is 5.61. The zero-order valence-electron chi connectivity index (χ0n) is 13.0. The first-order valence-corrected chi connectivity index (χ1v) is 8.20. The van der Waals surface area contributed by atoms with Crippen LogP contribution in [0.4, 0.5) is 0 Å². The summed E-state index contributed by atoms with van der Waals surface area (Å²) in [5, 5.41) is 3.40. The summed E-state index contributed by atoms with van der Waals surface area (Å²) in [6.07, 6.45) is 13.8. The number of ether oxygens (including phenoxy) is 1. The molecule has 4 heteroatoms.